The number of carboxylic acids is 1. The van der Waals surface area contributed by atoms with Gasteiger partial charge in [-0.3, -0.25) is 0 Å². The topological polar surface area (TPSA) is 90.9 Å². The summed E-state index contributed by atoms with van der Waals surface area (Å²) in [6, 6.07) is 1.94. The Morgan fingerprint density at radius 1 is 1.43 bits per heavy atom. The van der Waals surface area contributed by atoms with E-state index in [0.717, 1.165) is 28.8 Å². The second kappa shape index (κ2) is 12.4. The summed E-state index contributed by atoms with van der Waals surface area (Å²) in [5.74, 6) is 3.16. The van der Waals surface area contributed by atoms with Gasteiger partial charge in [0.25, 0.3) is 0 Å². The number of aliphatic carboxylic acids is 1. The van der Waals surface area contributed by atoms with Crippen LogP contribution in [-0.4, -0.2) is 47.0 Å². The molecule has 0 saturated heterocycles. The van der Waals surface area contributed by atoms with E-state index in [-0.39, 0.29) is 24.2 Å². The van der Waals surface area contributed by atoms with Gasteiger partial charge < -0.3 is 0 Å². The van der Waals surface area contributed by atoms with Crippen molar-refractivity contribution < 1.29 is 24.5 Å². The quantitative estimate of drug-likeness (QED) is 0.242. The Balaban J connectivity index is 1.89. The molecule has 1 aliphatic rings. The second-order valence-electron chi connectivity index (χ2n) is 8.04. The molecule has 5 atom stereocenters. The van der Waals surface area contributed by atoms with Crippen molar-refractivity contribution in [2.45, 2.75) is 64.1 Å². The van der Waals surface area contributed by atoms with E-state index in [0.29, 0.717) is 25.7 Å². The third-order valence-corrected chi connectivity index (χ3v) is 6.57. The Morgan fingerprint density at radius 2 is 2.20 bits per heavy atom. The molecule has 0 amide bonds. The molecule has 1 saturated carbocycles. The molecule has 0 aromatic carbocycles. The van der Waals surface area contributed by atoms with Crippen molar-refractivity contribution in [3.05, 3.63) is 46.4 Å². The predicted octanol–water partition coefficient (Wildman–Crippen LogP) is 3.72. The van der Waals surface area contributed by atoms with Gasteiger partial charge in [0.2, 0.25) is 0 Å². The van der Waals surface area contributed by atoms with E-state index < -0.39 is 18.2 Å². The van der Waals surface area contributed by atoms with Crippen LogP contribution in [0.25, 0.3) is 0 Å². The van der Waals surface area contributed by atoms with E-state index >= 15 is 0 Å². The first-order valence-electron chi connectivity index (χ1n) is 10.6. The fourth-order valence-corrected chi connectivity index (χ4v) is 4.40. The fraction of sp³-hybridized carbons (Fsp3) is 0.565. The van der Waals surface area contributed by atoms with E-state index in [1.54, 1.807) is 0 Å². The summed E-state index contributed by atoms with van der Waals surface area (Å²) in [5.41, 5.74) is 0. The molecule has 0 radical (unpaired) electrons. The summed E-state index contributed by atoms with van der Waals surface area (Å²) >= 11 is 3.43. The Bertz CT molecular complexity index is 737. The molecule has 1 unspecified atom stereocenters. The summed E-state index contributed by atoms with van der Waals surface area (Å²) in [4.78, 5) is 10.6. The number of furan rings is 1. The molecular formula is C23H32BBrO5. The third kappa shape index (κ3) is 7.67. The molecule has 7 heteroatoms. The van der Waals surface area contributed by atoms with Crippen molar-refractivity contribution in [1.82, 2.24) is 0 Å². The zero-order chi connectivity index (χ0) is 22.1. The number of halogens is 1. The standard InChI is InChI=1S/C23H32BBrO5/c1-15-21(25)13-18(30-15)10-8-17(26)9-11-19-16(14-24)12-22(27)20(19)6-4-2-3-5-7-23(28)29/h2,4,9,11,13-14,16-17,19-20,22,24,26-27H,3,5-8,10,12H2,1H3,(H,28,29)/b4-2-,11-9+/t16-,17-,19-,20+,22?/m0/s1. The minimum absolute atomic E-state index is 0.0656. The molecule has 1 aliphatic carbocycles. The molecule has 1 fully saturated rings. The molecule has 3 N–H and O–H groups in total. The van der Waals surface area contributed by atoms with E-state index in [4.69, 9.17) is 9.52 Å². The molecule has 0 aliphatic heterocycles. The molecule has 2 rings (SSSR count). The van der Waals surface area contributed by atoms with Crippen LogP contribution in [-0.2, 0) is 11.2 Å². The molecule has 30 heavy (non-hydrogen) atoms. The van der Waals surface area contributed by atoms with Gasteiger partial charge in [-0.1, -0.05) is 0 Å². The zero-order valence-corrected chi connectivity index (χ0v) is 19.1. The number of carbonyl (C=O) groups is 1. The van der Waals surface area contributed by atoms with Crippen LogP contribution in [0.2, 0.25) is 0 Å². The molecule has 0 bridgehead atoms. The predicted molar refractivity (Wildman–Crippen MR) is 124 cm³/mol. The Kier molecular flexibility index (Phi) is 10.3. The van der Waals surface area contributed by atoms with Crippen molar-refractivity contribution in [2.24, 2.45) is 17.8 Å². The maximum absolute atomic E-state index is 10.6. The summed E-state index contributed by atoms with van der Waals surface area (Å²) in [6.45, 7) is 1.89. The van der Waals surface area contributed by atoms with Crippen LogP contribution in [0.15, 0.2) is 39.3 Å². The number of allylic oxidation sites excluding steroid dienone is 3. The van der Waals surface area contributed by atoms with Crippen molar-refractivity contribution in [1.29, 1.82) is 0 Å². The average Bonchev–Trinajstić information content (AvgIpc) is 3.19. The van der Waals surface area contributed by atoms with Gasteiger partial charge >= 0.3 is 188 Å². The molecular weight excluding hydrogens is 447 g/mol. The number of aliphatic hydroxyl groups is 2. The van der Waals surface area contributed by atoms with Crippen LogP contribution in [0, 0.1) is 24.7 Å². The van der Waals surface area contributed by atoms with Crippen molar-refractivity contribution in [2.75, 3.05) is 0 Å². The Morgan fingerprint density at radius 3 is 2.83 bits per heavy atom. The molecule has 1 aromatic heterocycles. The van der Waals surface area contributed by atoms with Gasteiger partial charge in [-0.25, -0.2) is 0 Å². The zero-order valence-electron chi connectivity index (χ0n) is 17.5. The monoisotopic (exact) mass is 478 g/mol. The van der Waals surface area contributed by atoms with Gasteiger partial charge in [0.15, 0.2) is 0 Å². The van der Waals surface area contributed by atoms with Crippen LogP contribution in [0.1, 0.15) is 50.0 Å². The van der Waals surface area contributed by atoms with Gasteiger partial charge in [-0.2, -0.15) is 0 Å². The van der Waals surface area contributed by atoms with Crippen LogP contribution in [0.4, 0.5) is 0 Å². The molecule has 1 aromatic rings. The number of aryl methyl sites for hydroxylation is 2. The van der Waals surface area contributed by atoms with Gasteiger partial charge in [0, 0.05) is 0 Å². The number of aliphatic hydroxyl groups excluding tert-OH is 2. The first-order valence-corrected chi connectivity index (χ1v) is 11.4. The number of unbranched alkanes of at least 4 members (excludes halogenated alkanes) is 1. The summed E-state index contributed by atoms with van der Waals surface area (Å²) < 4.78 is 6.56. The number of carboxylic acid groups (broad SMARTS) is 1. The molecule has 5 nitrogen and oxygen atoms in total. The normalized spacial score (nSPS) is 25.3. The third-order valence-electron chi connectivity index (χ3n) is 5.79. The molecule has 1 heterocycles. The van der Waals surface area contributed by atoms with Crippen molar-refractivity contribution >= 4 is 35.4 Å². The Hall–Kier alpha value is -1.44. The molecule has 164 valence electrons. The SMILES string of the molecule is B=C[C@@H]1CC(O)[C@H](C/C=C\CCCC(=O)O)[C@H]1/C=C/[C@@H](O)CCc1cc(Br)c(C)o1. The minimum atomic E-state index is -0.776. The van der Waals surface area contributed by atoms with Crippen LogP contribution in [0.3, 0.4) is 0 Å². The first-order chi connectivity index (χ1) is 14.3. The number of hydrogen-bond donors (Lipinski definition) is 3. The van der Waals surface area contributed by atoms with E-state index in [1.165, 1.54) is 0 Å². The van der Waals surface area contributed by atoms with E-state index in [1.807, 2.05) is 43.3 Å². The van der Waals surface area contributed by atoms with Crippen molar-refractivity contribution in [3.63, 3.8) is 0 Å². The molecule has 0 spiro atoms. The van der Waals surface area contributed by atoms with E-state index in [9.17, 15) is 15.0 Å². The maximum atomic E-state index is 10.6. The Labute approximate surface area is 188 Å². The number of rotatable bonds is 12. The van der Waals surface area contributed by atoms with E-state index in [2.05, 4.69) is 23.4 Å². The summed E-state index contributed by atoms with van der Waals surface area (Å²) in [7, 11) is 3.91. The fourth-order valence-electron chi connectivity index (χ4n) is 4.06. The first kappa shape index (κ1) is 24.8. The second-order valence-corrected chi connectivity index (χ2v) is 8.90. The van der Waals surface area contributed by atoms with Gasteiger partial charge in [0.05, 0.1) is 0 Å². The van der Waals surface area contributed by atoms with Gasteiger partial charge in [0.1, 0.15) is 0 Å². The van der Waals surface area contributed by atoms with Gasteiger partial charge in [-0.05, 0) is 0 Å². The van der Waals surface area contributed by atoms with Crippen LogP contribution >= 0.6 is 15.9 Å². The van der Waals surface area contributed by atoms with Crippen LogP contribution in [0.5, 0.6) is 0 Å². The number of hydrogen-bond acceptors (Lipinski definition) is 4. The average molecular weight is 479 g/mol. The van der Waals surface area contributed by atoms with Gasteiger partial charge in [-0.15, -0.1) is 0 Å². The summed E-state index contributed by atoms with van der Waals surface area (Å²) in [6.07, 6.45) is 11.0. The summed E-state index contributed by atoms with van der Waals surface area (Å²) in [5, 5.41) is 29.6. The van der Waals surface area contributed by atoms with Crippen LogP contribution < -0.4 is 0 Å². The van der Waals surface area contributed by atoms with Crippen molar-refractivity contribution in [3.8, 4) is 0 Å².